The van der Waals surface area contributed by atoms with Crippen LogP contribution in [0.5, 0.6) is 0 Å². The summed E-state index contributed by atoms with van der Waals surface area (Å²) in [6.45, 7) is -0.581. The van der Waals surface area contributed by atoms with Gasteiger partial charge in [-0.3, -0.25) is 14.0 Å². The standard InChI is InChI=1S/C7H7ClN4O4S2/c8-5-6(12-1-2-17-7(12)10-5)18(14,15)11-16-3-4(9)13/h1-2,11H,3H2,(H2,9,13). The number of carbonyl (C=O) groups is 1. The van der Waals surface area contributed by atoms with Gasteiger partial charge in [0.05, 0.1) is 0 Å². The zero-order valence-electron chi connectivity index (χ0n) is 8.66. The van der Waals surface area contributed by atoms with Crippen LogP contribution in [0.15, 0.2) is 16.6 Å². The lowest BCUT2D eigenvalue weighted by atomic mass is 10.7. The van der Waals surface area contributed by atoms with E-state index in [4.69, 9.17) is 17.3 Å². The van der Waals surface area contributed by atoms with Crippen molar-refractivity contribution in [3.63, 3.8) is 0 Å². The highest BCUT2D eigenvalue weighted by molar-refractivity contribution is 7.89. The number of hydrogen-bond acceptors (Lipinski definition) is 6. The van der Waals surface area contributed by atoms with E-state index in [1.165, 1.54) is 21.9 Å². The third-order valence-corrected chi connectivity index (χ3v) is 4.18. The summed E-state index contributed by atoms with van der Waals surface area (Å²) in [6.07, 6.45) is 1.50. The molecular weight excluding hydrogens is 304 g/mol. The van der Waals surface area contributed by atoms with Crippen LogP contribution in [0, 0.1) is 0 Å². The number of carbonyl (C=O) groups excluding carboxylic acids is 1. The third kappa shape index (κ3) is 2.47. The summed E-state index contributed by atoms with van der Waals surface area (Å²) < 4.78 is 25.1. The van der Waals surface area contributed by atoms with Gasteiger partial charge in [0, 0.05) is 11.6 Å². The van der Waals surface area contributed by atoms with Crippen molar-refractivity contribution in [1.29, 1.82) is 0 Å². The van der Waals surface area contributed by atoms with Crippen LogP contribution in [0.4, 0.5) is 0 Å². The average Bonchev–Trinajstić information content (AvgIpc) is 2.74. The molecule has 0 radical (unpaired) electrons. The maximum absolute atomic E-state index is 11.9. The summed E-state index contributed by atoms with van der Waals surface area (Å²) in [5.74, 6) is -0.808. The van der Waals surface area contributed by atoms with Gasteiger partial charge in [0.15, 0.2) is 15.1 Å². The Kier molecular flexibility index (Phi) is 3.54. The lowest BCUT2D eigenvalue weighted by Crippen LogP contribution is -2.30. The lowest BCUT2D eigenvalue weighted by molar-refractivity contribution is -0.123. The van der Waals surface area contributed by atoms with E-state index in [0.29, 0.717) is 4.96 Å². The van der Waals surface area contributed by atoms with Crippen LogP contribution in [0.3, 0.4) is 0 Å². The Labute approximate surface area is 110 Å². The van der Waals surface area contributed by atoms with E-state index in [2.05, 4.69) is 9.82 Å². The van der Waals surface area contributed by atoms with Gasteiger partial charge < -0.3 is 5.73 Å². The second kappa shape index (κ2) is 4.82. The maximum Gasteiger partial charge on any atom is 0.281 e. The van der Waals surface area contributed by atoms with E-state index in [0.717, 1.165) is 0 Å². The number of primary amides is 1. The molecule has 8 nitrogen and oxygen atoms in total. The zero-order chi connectivity index (χ0) is 13.3. The summed E-state index contributed by atoms with van der Waals surface area (Å²) in [5.41, 5.74) is 4.80. The van der Waals surface area contributed by atoms with Crippen LogP contribution in [0.25, 0.3) is 4.96 Å². The van der Waals surface area contributed by atoms with Crippen molar-refractivity contribution in [3.05, 3.63) is 16.7 Å². The fourth-order valence-corrected chi connectivity index (χ4v) is 3.46. The Hall–Kier alpha value is -1.20. The number of thiazole rings is 1. The number of hydrogen-bond donors (Lipinski definition) is 2. The average molecular weight is 311 g/mol. The van der Waals surface area contributed by atoms with Crippen LogP contribution >= 0.6 is 22.9 Å². The van der Waals surface area contributed by atoms with Crippen molar-refractivity contribution in [3.8, 4) is 0 Å². The molecule has 0 unspecified atom stereocenters. The number of amides is 1. The van der Waals surface area contributed by atoms with Crippen LogP contribution < -0.4 is 10.6 Å². The molecule has 0 spiro atoms. The maximum atomic E-state index is 11.9. The summed E-state index contributed by atoms with van der Waals surface area (Å²) in [7, 11) is -4.04. The number of nitrogens with one attached hydrogen (secondary N) is 1. The number of halogens is 1. The Morgan fingerprint density at radius 2 is 2.39 bits per heavy atom. The number of sulfonamides is 1. The molecule has 2 rings (SSSR count). The SMILES string of the molecule is NC(=O)CONS(=O)(=O)c1c(Cl)nc2sccn12. The van der Waals surface area contributed by atoms with Gasteiger partial charge in [-0.15, -0.1) is 11.3 Å². The van der Waals surface area contributed by atoms with Crippen LogP contribution in [-0.2, 0) is 19.7 Å². The number of fused-ring (bicyclic) bond motifs is 1. The molecule has 0 saturated heterocycles. The van der Waals surface area contributed by atoms with E-state index < -0.39 is 22.5 Å². The molecule has 1 amide bonds. The van der Waals surface area contributed by atoms with Gasteiger partial charge >= 0.3 is 0 Å². The Morgan fingerprint density at radius 3 is 3.06 bits per heavy atom. The largest absolute Gasteiger partial charge is 0.368 e. The molecule has 2 aromatic rings. The highest BCUT2D eigenvalue weighted by Crippen LogP contribution is 2.24. The summed E-state index contributed by atoms with van der Waals surface area (Å²) >= 11 is 6.97. The molecule has 98 valence electrons. The van der Waals surface area contributed by atoms with E-state index >= 15 is 0 Å². The molecule has 0 aromatic carbocycles. The molecule has 0 saturated carbocycles. The Morgan fingerprint density at radius 1 is 1.67 bits per heavy atom. The Bertz CT molecular complexity index is 691. The monoisotopic (exact) mass is 310 g/mol. The van der Waals surface area contributed by atoms with Crippen molar-refractivity contribution in [2.45, 2.75) is 5.03 Å². The van der Waals surface area contributed by atoms with Crippen molar-refractivity contribution in [2.75, 3.05) is 6.61 Å². The quantitative estimate of drug-likeness (QED) is 0.738. The van der Waals surface area contributed by atoms with Crippen LogP contribution in [0.2, 0.25) is 5.15 Å². The minimum Gasteiger partial charge on any atom is -0.368 e. The molecule has 0 bridgehead atoms. The molecular formula is C7H7ClN4O4S2. The molecule has 0 aliphatic rings. The number of imidazole rings is 1. The summed E-state index contributed by atoms with van der Waals surface area (Å²) in [6, 6.07) is 0. The fourth-order valence-electron chi connectivity index (χ4n) is 1.20. The zero-order valence-corrected chi connectivity index (χ0v) is 11.0. The summed E-state index contributed by atoms with van der Waals surface area (Å²) in [4.78, 5) is 20.9. The van der Waals surface area contributed by atoms with Crippen molar-refractivity contribution >= 4 is 43.8 Å². The lowest BCUT2D eigenvalue weighted by Gasteiger charge is -2.04. The van der Waals surface area contributed by atoms with Gasteiger partial charge in [0.25, 0.3) is 10.0 Å². The molecule has 2 aromatic heterocycles. The Balaban J connectivity index is 2.31. The second-order valence-corrected chi connectivity index (χ2v) is 5.90. The van der Waals surface area contributed by atoms with Gasteiger partial charge in [-0.05, 0) is 0 Å². The number of nitrogens with zero attached hydrogens (tertiary/aromatic N) is 2. The highest BCUT2D eigenvalue weighted by atomic mass is 35.5. The molecule has 3 N–H and O–H groups in total. The van der Waals surface area contributed by atoms with Gasteiger partial charge in [-0.2, -0.15) is 0 Å². The van der Waals surface area contributed by atoms with Crippen molar-refractivity contribution in [2.24, 2.45) is 5.73 Å². The second-order valence-electron chi connectivity index (χ2n) is 3.11. The molecule has 0 atom stereocenters. The minimum absolute atomic E-state index is 0.183. The first kappa shape index (κ1) is 13.2. The molecule has 11 heteroatoms. The number of rotatable bonds is 5. The number of aromatic nitrogens is 2. The number of nitrogens with two attached hydrogens (primary N) is 1. The van der Waals surface area contributed by atoms with Crippen LogP contribution in [-0.4, -0.2) is 30.3 Å². The van der Waals surface area contributed by atoms with E-state index in [1.54, 1.807) is 10.3 Å². The van der Waals surface area contributed by atoms with E-state index in [-0.39, 0.29) is 10.2 Å². The normalized spacial score (nSPS) is 12.1. The smallest absolute Gasteiger partial charge is 0.281 e. The first-order chi connectivity index (χ1) is 8.42. The summed E-state index contributed by atoms with van der Waals surface area (Å²) in [5, 5.41) is 1.21. The van der Waals surface area contributed by atoms with Gasteiger partial charge in [0.1, 0.15) is 6.61 Å². The topological polar surface area (TPSA) is 116 Å². The predicted molar refractivity (Wildman–Crippen MR) is 63.5 cm³/mol. The van der Waals surface area contributed by atoms with Gasteiger partial charge in [-0.25, -0.2) is 13.4 Å². The van der Waals surface area contributed by atoms with Crippen LogP contribution in [0.1, 0.15) is 0 Å². The first-order valence-corrected chi connectivity index (χ1v) is 7.19. The van der Waals surface area contributed by atoms with Crippen molar-refractivity contribution < 1.29 is 18.0 Å². The molecule has 0 aliphatic heterocycles. The van der Waals surface area contributed by atoms with Gasteiger partial charge in [0.2, 0.25) is 5.91 Å². The molecule has 0 fully saturated rings. The van der Waals surface area contributed by atoms with Gasteiger partial charge in [-0.1, -0.05) is 16.5 Å². The van der Waals surface area contributed by atoms with E-state index in [9.17, 15) is 13.2 Å². The van der Waals surface area contributed by atoms with Crippen molar-refractivity contribution in [1.82, 2.24) is 14.3 Å². The first-order valence-electron chi connectivity index (χ1n) is 4.45. The minimum atomic E-state index is -4.04. The molecule has 0 aliphatic carbocycles. The predicted octanol–water partition coefficient (Wildman–Crippen LogP) is -0.256. The fraction of sp³-hybridized carbons (Fsp3) is 0.143. The third-order valence-electron chi connectivity index (χ3n) is 1.82. The van der Waals surface area contributed by atoms with E-state index in [1.807, 2.05) is 0 Å². The molecule has 2 heterocycles. The highest BCUT2D eigenvalue weighted by Gasteiger charge is 2.25. The molecule has 18 heavy (non-hydrogen) atoms.